The summed E-state index contributed by atoms with van der Waals surface area (Å²) in [5, 5.41) is 2.95. The molecular weight excluding hydrogens is 255 g/mol. The van der Waals surface area contributed by atoms with E-state index in [4.69, 9.17) is 5.73 Å². The van der Waals surface area contributed by atoms with E-state index < -0.39 is 15.7 Å². The monoisotopic (exact) mass is 270 g/mol. The van der Waals surface area contributed by atoms with Gasteiger partial charge in [-0.05, 0) is 42.7 Å². The van der Waals surface area contributed by atoms with Gasteiger partial charge in [0.15, 0.2) is 9.84 Å². The molecule has 6 heteroatoms. The highest BCUT2D eigenvalue weighted by Crippen LogP contribution is 2.17. The SMILES string of the molecule is NC1=C[C@H](CCS(=O)(=O)c2ccc(F)cc2)CN1. The van der Waals surface area contributed by atoms with Gasteiger partial charge in [-0.1, -0.05) is 0 Å². The Morgan fingerprint density at radius 2 is 2.00 bits per heavy atom. The molecule has 3 N–H and O–H groups in total. The average Bonchev–Trinajstić information content (AvgIpc) is 2.73. The van der Waals surface area contributed by atoms with E-state index in [0.29, 0.717) is 18.8 Å². The van der Waals surface area contributed by atoms with Crippen LogP contribution >= 0.6 is 0 Å². The van der Waals surface area contributed by atoms with Crippen molar-refractivity contribution in [2.45, 2.75) is 11.3 Å². The highest BCUT2D eigenvalue weighted by atomic mass is 32.2. The summed E-state index contributed by atoms with van der Waals surface area (Å²) in [7, 11) is -3.35. The first-order chi connectivity index (χ1) is 8.47. The molecule has 0 amide bonds. The van der Waals surface area contributed by atoms with Crippen LogP contribution in [0, 0.1) is 11.7 Å². The van der Waals surface area contributed by atoms with E-state index in [1.807, 2.05) is 6.08 Å². The fraction of sp³-hybridized carbons (Fsp3) is 0.333. The van der Waals surface area contributed by atoms with E-state index in [1.54, 1.807) is 0 Å². The van der Waals surface area contributed by atoms with Crippen LogP contribution in [-0.4, -0.2) is 20.7 Å². The Morgan fingerprint density at radius 3 is 2.56 bits per heavy atom. The normalized spacial score (nSPS) is 19.4. The molecule has 1 aliphatic heterocycles. The second kappa shape index (κ2) is 4.97. The molecule has 0 fully saturated rings. The van der Waals surface area contributed by atoms with E-state index in [1.165, 1.54) is 12.1 Å². The standard InChI is InChI=1S/C12H15FN2O2S/c13-10-1-3-11(4-2-10)18(16,17)6-5-9-7-12(14)15-8-9/h1-4,7,9,15H,5-6,8,14H2/t9-/m0/s1. The molecule has 0 unspecified atom stereocenters. The lowest BCUT2D eigenvalue weighted by molar-refractivity contribution is 0.577. The van der Waals surface area contributed by atoms with Crippen molar-refractivity contribution in [3.63, 3.8) is 0 Å². The first-order valence-electron chi connectivity index (χ1n) is 5.67. The van der Waals surface area contributed by atoms with Gasteiger partial charge in [0.05, 0.1) is 16.5 Å². The van der Waals surface area contributed by atoms with Gasteiger partial charge in [0.25, 0.3) is 0 Å². The zero-order valence-electron chi connectivity index (χ0n) is 9.77. The number of nitrogens with two attached hydrogens (primary N) is 1. The van der Waals surface area contributed by atoms with E-state index in [9.17, 15) is 12.8 Å². The third-order valence-corrected chi connectivity index (χ3v) is 4.68. The molecule has 0 aliphatic carbocycles. The van der Waals surface area contributed by atoms with Gasteiger partial charge in [-0.25, -0.2) is 12.8 Å². The van der Waals surface area contributed by atoms with Crippen molar-refractivity contribution < 1.29 is 12.8 Å². The lowest BCUT2D eigenvalue weighted by Crippen LogP contribution is -2.18. The molecule has 0 aromatic heterocycles. The summed E-state index contributed by atoms with van der Waals surface area (Å²) >= 11 is 0. The summed E-state index contributed by atoms with van der Waals surface area (Å²) in [6, 6.07) is 4.90. The highest BCUT2D eigenvalue weighted by Gasteiger charge is 2.19. The minimum absolute atomic E-state index is 0.0365. The maximum Gasteiger partial charge on any atom is 0.178 e. The number of halogens is 1. The van der Waals surface area contributed by atoms with Gasteiger partial charge in [0.2, 0.25) is 0 Å². The Bertz CT molecular complexity index is 552. The number of sulfone groups is 1. The number of nitrogens with one attached hydrogen (secondary N) is 1. The van der Waals surface area contributed by atoms with Crippen LogP contribution < -0.4 is 11.1 Å². The number of benzene rings is 1. The van der Waals surface area contributed by atoms with Crippen LogP contribution in [0.1, 0.15) is 6.42 Å². The number of rotatable bonds is 4. The molecule has 1 aromatic rings. The minimum atomic E-state index is -3.35. The topological polar surface area (TPSA) is 72.2 Å². The van der Waals surface area contributed by atoms with E-state index in [0.717, 1.165) is 12.1 Å². The smallest absolute Gasteiger partial charge is 0.178 e. The fourth-order valence-electron chi connectivity index (χ4n) is 1.87. The molecule has 0 saturated heterocycles. The van der Waals surface area contributed by atoms with Crippen molar-refractivity contribution in [3.05, 3.63) is 42.0 Å². The van der Waals surface area contributed by atoms with Crippen molar-refractivity contribution in [2.24, 2.45) is 11.7 Å². The maximum atomic E-state index is 12.7. The van der Waals surface area contributed by atoms with Crippen molar-refractivity contribution >= 4 is 9.84 Å². The molecule has 18 heavy (non-hydrogen) atoms. The van der Waals surface area contributed by atoms with Gasteiger partial charge in [0, 0.05) is 6.54 Å². The van der Waals surface area contributed by atoms with Crippen LogP contribution in [0.5, 0.6) is 0 Å². The predicted molar refractivity (Wildman–Crippen MR) is 66.8 cm³/mol. The molecule has 1 aliphatic rings. The largest absolute Gasteiger partial charge is 0.386 e. The maximum absolute atomic E-state index is 12.7. The van der Waals surface area contributed by atoms with Crippen LogP contribution in [0.2, 0.25) is 0 Å². The lowest BCUT2D eigenvalue weighted by atomic mass is 10.1. The van der Waals surface area contributed by atoms with Gasteiger partial charge < -0.3 is 11.1 Å². The van der Waals surface area contributed by atoms with E-state index in [2.05, 4.69) is 5.32 Å². The Hall–Kier alpha value is -1.56. The summed E-state index contributed by atoms with van der Waals surface area (Å²) in [5.74, 6) is 0.332. The van der Waals surface area contributed by atoms with Crippen molar-refractivity contribution in [1.29, 1.82) is 0 Å². The highest BCUT2D eigenvalue weighted by molar-refractivity contribution is 7.91. The number of hydrogen-bond donors (Lipinski definition) is 2. The first-order valence-corrected chi connectivity index (χ1v) is 7.32. The zero-order valence-corrected chi connectivity index (χ0v) is 10.6. The van der Waals surface area contributed by atoms with Gasteiger partial charge in [-0.2, -0.15) is 0 Å². The summed E-state index contributed by atoms with van der Waals surface area (Å²) < 4.78 is 36.7. The molecule has 1 heterocycles. The van der Waals surface area contributed by atoms with E-state index in [-0.39, 0.29) is 16.6 Å². The third kappa shape index (κ3) is 3.01. The molecule has 98 valence electrons. The molecule has 2 rings (SSSR count). The first kappa shape index (κ1) is 12.9. The molecule has 1 atom stereocenters. The molecular formula is C12H15FN2O2S. The summed E-state index contributed by atoms with van der Waals surface area (Å²) in [5.41, 5.74) is 5.55. The quantitative estimate of drug-likeness (QED) is 0.801. The Labute approximate surface area is 106 Å². The molecule has 1 aromatic carbocycles. The number of hydrogen-bond acceptors (Lipinski definition) is 4. The summed E-state index contributed by atoms with van der Waals surface area (Å²) in [4.78, 5) is 0.159. The van der Waals surface area contributed by atoms with Crippen LogP contribution in [0.25, 0.3) is 0 Å². The van der Waals surface area contributed by atoms with Gasteiger partial charge in [-0.15, -0.1) is 0 Å². The van der Waals surface area contributed by atoms with Crippen LogP contribution in [0.4, 0.5) is 4.39 Å². The van der Waals surface area contributed by atoms with Crippen molar-refractivity contribution in [2.75, 3.05) is 12.3 Å². The lowest BCUT2D eigenvalue weighted by Gasteiger charge is -2.08. The fourth-order valence-corrected chi connectivity index (χ4v) is 3.27. The van der Waals surface area contributed by atoms with Gasteiger partial charge in [-0.3, -0.25) is 0 Å². The van der Waals surface area contributed by atoms with Crippen LogP contribution in [-0.2, 0) is 9.84 Å². The Morgan fingerprint density at radius 1 is 1.33 bits per heavy atom. The summed E-state index contributed by atoms with van der Waals surface area (Å²) in [6.45, 7) is 0.671. The Kier molecular flexibility index (Phi) is 3.56. The molecule has 0 bridgehead atoms. The third-order valence-electron chi connectivity index (χ3n) is 2.91. The molecule has 0 saturated carbocycles. The van der Waals surface area contributed by atoms with Crippen molar-refractivity contribution in [1.82, 2.24) is 5.32 Å². The zero-order chi connectivity index (χ0) is 13.2. The van der Waals surface area contributed by atoms with Crippen molar-refractivity contribution in [3.8, 4) is 0 Å². The Balaban J connectivity index is 2.01. The summed E-state index contributed by atoms with van der Waals surface area (Å²) in [6.07, 6.45) is 2.34. The molecule has 4 nitrogen and oxygen atoms in total. The average molecular weight is 270 g/mol. The van der Waals surface area contributed by atoms with Crippen LogP contribution in [0.15, 0.2) is 41.1 Å². The minimum Gasteiger partial charge on any atom is -0.386 e. The molecule has 0 spiro atoms. The van der Waals surface area contributed by atoms with Gasteiger partial charge >= 0.3 is 0 Å². The second-order valence-corrected chi connectivity index (χ2v) is 6.43. The molecule has 0 radical (unpaired) electrons. The van der Waals surface area contributed by atoms with E-state index >= 15 is 0 Å². The second-order valence-electron chi connectivity index (χ2n) is 4.32. The van der Waals surface area contributed by atoms with Gasteiger partial charge in [0.1, 0.15) is 5.82 Å². The predicted octanol–water partition coefficient (Wildman–Crippen LogP) is 1.01. The van der Waals surface area contributed by atoms with Crippen LogP contribution in [0.3, 0.4) is 0 Å².